The summed E-state index contributed by atoms with van der Waals surface area (Å²) in [5, 5.41) is 2.28. The first-order valence-electron chi connectivity index (χ1n) is 17.0. The predicted molar refractivity (Wildman–Crippen MR) is 210 cm³/mol. The van der Waals surface area contributed by atoms with Crippen LogP contribution in [0.15, 0.2) is 205 Å². The smallest absolute Gasteiger partial charge is 0.136 e. The Morgan fingerprint density at radius 3 is 1.60 bits per heavy atom. The number of nitrogens with zero attached hydrogens (tertiary/aromatic N) is 1. The number of fused-ring (bicyclic) bond motifs is 3. The zero-order valence-electron chi connectivity index (χ0n) is 27.4. The van der Waals surface area contributed by atoms with Crippen LogP contribution < -0.4 is 4.90 Å². The Kier molecular flexibility index (Phi) is 7.53. The van der Waals surface area contributed by atoms with Crippen molar-refractivity contribution in [3.8, 4) is 44.5 Å². The number of benzene rings is 8. The van der Waals surface area contributed by atoms with Gasteiger partial charge < -0.3 is 9.32 Å². The fourth-order valence-electron chi connectivity index (χ4n) is 7.15. The zero-order chi connectivity index (χ0) is 33.3. The molecule has 0 aliphatic heterocycles. The number of hydrogen-bond donors (Lipinski definition) is 0. The highest BCUT2D eigenvalue weighted by atomic mass is 16.3. The summed E-state index contributed by atoms with van der Waals surface area (Å²) in [6, 6.07) is 71.1. The van der Waals surface area contributed by atoms with Gasteiger partial charge in [-0.3, -0.25) is 0 Å². The van der Waals surface area contributed by atoms with Crippen molar-refractivity contribution in [2.45, 2.75) is 0 Å². The lowest BCUT2D eigenvalue weighted by atomic mass is 9.87. The summed E-state index contributed by atoms with van der Waals surface area (Å²) in [5.41, 5.74) is 14.5. The molecular weight excluding hydrogens is 607 g/mol. The molecule has 2 nitrogen and oxygen atoms in total. The van der Waals surface area contributed by atoms with Gasteiger partial charge in [0.05, 0.1) is 5.69 Å². The molecule has 0 aliphatic carbocycles. The Morgan fingerprint density at radius 2 is 0.860 bits per heavy atom. The van der Waals surface area contributed by atoms with E-state index in [1.165, 1.54) is 33.4 Å². The topological polar surface area (TPSA) is 16.4 Å². The second-order valence-corrected chi connectivity index (χ2v) is 12.5. The molecule has 0 N–H and O–H groups in total. The molecule has 236 valence electrons. The number of anilines is 3. The summed E-state index contributed by atoms with van der Waals surface area (Å²) in [6.45, 7) is 0. The highest BCUT2D eigenvalue weighted by molar-refractivity contribution is 6.06. The Morgan fingerprint density at radius 1 is 0.320 bits per heavy atom. The van der Waals surface area contributed by atoms with Gasteiger partial charge in [0.2, 0.25) is 0 Å². The fraction of sp³-hybridized carbons (Fsp3) is 0. The molecule has 1 aromatic heterocycles. The van der Waals surface area contributed by atoms with Crippen molar-refractivity contribution in [1.82, 2.24) is 0 Å². The Bertz CT molecular complexity index is 2570. The zero-order valence-corrected chi connectivity index (χ0v) is 27.4. The summed E-state index contributed by atoms with van der Waals surface area (Å²) in [5.74, 6) is 0. The first-order valence-corrected chi connectivity index (χ1v) is 17.0. The molecule has 0 amide bonds. The lowest BCUT2D eigenvalue weighted by Gasteiger charge is -2.30. The van der Waals surface area contributed by atoms with E-state index in [9.17, 15) is 0 Å². The summed E-state index contributed by atoms with van der Waals surface area (Å²) in [4.78, 5) is 2.38. The number of para-hydroxylation sites is 2. The van der Waals surface area contributed by atoms with Gasteiger partial charge in [0.15, 0.2) is 0 Å². The maximum absolute atomic E-state index is 6.23. The van der Waals surface area contributed by atoms with Crippen LogP contribution in [-0.4, -0.2) is 0 Å². The van der Waals surface area contributed by atoms with Crippen molar-refractivity contribution in [3.05, 3.63) is 200 Å². The summed E-state index contributed by atoms with van der Waals surface area (Å²) < 4.78 is 6.23. The minimum absolute atomic E-state index is 0.901. The molecule has 0 saturated heterocycles. The highest BCUT2D eigenvalue weighted by Crippen LogP contribution is 2.48. The number of furan rings is 1. The van der Waals surface area contributed by atoms with E-state index in [0.717, 1.165) is 50.1 Å². The monoisotopic (exact) mass is 639 g/mol. The van der Waals surface area contributed by atoms with Gasteiger partial charge in [0.1, 0.15) is 11.2 Å². The number of hydrogen-bond acceptors (Lipinski definition) is 2. The molecule has 9 aromatic rings. The quantitative estimate of drug-likeness (QED) is 0.173. The highest BCUT2D eigenvalue weighted by Gasteiger charge is 2.22. The first-order chi connectivity index (χ1) is 24.8. The summed E-state index contributed by atoms with van der Waals surface area (Å²) in [6.07, 6.45) is 0. The van der Waals surface area contributed by atoms with Gasteiger partial charge in [-0.25, -0.2) is 0 Å². The minimum Gasteiger partial charge on any atom is -0.456 e. The molecule has 0 radical (unpaired) electrons. The Balaban J connectivity index is 1.22. The maximum Gasteiger partial charge on any atom is 0.136 e. The maximum atomic E-state index is 6.23. The van der Waals surface area contributed by atoms with E-state index < -0.39 is 0 Å². The van der Waals surface area contributed by atoms with Gasteiger partial charge in [-0.05, 0) is 87.5 Å². The molecule has 0 saturated carbocycles. The minimum atomic E-state index is 0.901. The average Bonchev–Trinajstić information content (AvgIpc) is 3.57. The lowest BCUT2D eigenvalue weighted by molar-refractivity contribution is 0.669. The Hall–Kier alpha value is -6.64. The molecule has 1 heterocycles. The normalized spacial score (nSPS) is 11.2. The van der Waals surface area contributed by atoms with Gasteiger partial charge in [-0.1, -0.05) is 152 Å². The van der Waals surface area contributed by atoms with Crippen LogP contribution in [0.3, 0.4) is 0 Å². The lowest BCUT2D eigenvalue weighted by Crippen LogP contribution is -2.12. The van der Waals surface area contributed by atoms with Crippen LogP contribution in [-0.2, 0) is 0 Å². The molecule has 2 heteroatoms. The molecular formula is C48H33NO. The molecule has 0 spiro atoms. The fourth-order valence-corrected chi connectivity index (χ4v) is 7.15. The second kappa shape index (κ2) is 12.8. The molecule has 0 bridgehead atoms. The third-order valence-electron chi connectivity index (χ3n) is 9.50. The van der Waals surface area contributed by atoms with Crippen LogP contribution in [0, 0.1) is 0 Å². The van der Waals surface area contributed by atoms with Crippen LogP contribution in [0.5, 0.6) is 0 Å². The molecule has 50 heavy (non-hydrogen) atoms. The Labute approximate surface area is 292 Å². The van der Waals surface area contributed by atoms with E-state index in [1.807, 2.05) is 12.1 Å². The predicted octanol–water partition coefficient (Wildman–Crippen LogP) is 13.7. The first kappa shape index (κ1) is 29.5. The molecule has 9 rings (SSSR count). The molecule has 0 atom stereocenters. The molecule has 8 aromatic carbocycles. The van der Waals surface area contributed by atoms with Gasteiger partial charge >= 0.3 is 0 Å². The van der Waals surface area contributed by atoms with Crippen molar-refractivity contribution in [3.63, 3.8) is 0 Å². The van der Waals surface area contributed by atoms with Gasteiger partial charge in [-0.15, -0.1) is 0 Å². The summed E-state index contributed by atoms with van der Waals surface area (Å²) in [7, 11) is 0. The van der Waals surface area contributed by atoms with Crippen LogP contribution in [0.1, 0.15) is 0 Å². The van der Waals surface area contributed by atoms with Crippen molar-refractivity contribution in [1.29, 1.82) is 0 Å². The van der Waals surface area contributed by atoms with Crippen molar-refractivity contribution >= 4 is 39.0 Å². The second-order valence-electron chi connectivity index (χ2n) is 12.5. The van der Waals surface area contributed by atoms with E-state index in [1.54, 1.807) is 0 Å². The molecule has 0 aliphatic rings. The van der Waals surface area contributed by atoms with Crippen LogP contribution in [0.2, 0.25) is 0 Å². The SMILES string of the molecule is c1ccc(-c2ccccc2-c2c(-c3ccccc3)cccc2N(c2ccccc2)c2ccc(-c3ccc4c(c3)oc3ccccc34)cc2)cc1. The molecule has 0 fully saturated rings. The van der Waals surface area contributed by atoms with Crippen molar-refractivity contribution < 1.29 is 4.42 Å². The van der Waals surface area contributed by atoms with Gasteiger partial charge in [-0.2, -0.15) is 0 Å². The van der Waals surface area contributed by atoms with E-state index in [4.69, 9.17) is 4.42 Å². The van der Waals surface area contributed by atoms with Crippen molar-refractivity contribution in [2.75, 3.05) is 4.90 Å². The van der Waals surface area contributed by atoms with Crippen LogP contribution in [0.25, 0.3) is 66.4 Å². The van der Waals surface area contributed by atoms with Gasteiger partial charge in [0.25, 0.3) is 0 Å². The van der Waals surface area contributed by atoms with Crippen molar-refractivity contribution in [2.24, 2.45) is 0 Å². The van der Waals surface area contributed by atoms with E-state index >= 15 is 0 Å². The van der Waals surface area contributed by atoms with Gasteiger partial charge in [0, 0.05) is 27.7 Å². The van der Waals surface area contributed by atoms with E-state index in [0.29, 0.717) is 0 Å². The number of rotatable bonds is 7. The van der Waals surface area contributed by atoms with E-state index in [-0.39, 0.29) is 0 Å². The summed E-state index contributed by atoms with van der Waals surface area (Å²) >= 11 is 0. The standard InChI is InChI=1S/C48H33NO/c1-4-15-35(16-5-1)40-21-10-11-23-44(40)48-41(36-17-6-2-7-18-36)24-14-25-45(48)49(38-19-8-3-9-20-38)39-30-27-34(28-31-39)37-29-32-43-42-22-12-13-26-46(42)50-47(43)33-37/h1-33H. The molecule has 0 unspecified atom stereocenters. The third-order valence-corrected chi connectivity index (χ3v) is 9.50. The van der Waals surface area contributed by atoms with Crippen LogP contribution in [0.4, 0.5) is 17.1 Å². The van der Waals surface area contributed by atoms with Crippen LogP contribution >= 0.6 is 0 Å². The third kappa shape index (κ3) is 5.34. The largest absolute Gasteiger partial charge is 0.456 e. The van der Waals surface area contributed by atoms with E-state index in [2.05, 4.69) is 193 Å². The average molecular weight is 640 g/mol.